The Bertz CT molecular complexity index is 340. The fourth-order valence-corrected chi connectivity index (χ4v) is 3.70. The van der Waals surface area contributed by atoms with E-state index in [1.165, 1.54) is 0 Å². The summed E-state index contributed by atoms with van der Waals surface area (Å²) in [6, 6.07) is 1.03. The monoisotopic (exact) mass is 283 g/mol. The lowest BCUT2D eigenvalue weighted by Crippen LogP contribution is -2.59. The van der Waals surface area contributed by atoms with E-state index in [0.717, 1.165) is 51.9 Å². The second-order valence-electron chi connectivity index (χ2n) is 6.55. The third-order valence-corrected chi connectivity index (χ3v) is 5.21. The number of aliphatic carboxylic acids is 1. The normalized spacial score (nSPS) is 33.5. The first-order valence-corrected chi connectivity index (χ1v) is 7.89. The molecule has 0 radical (unpaired) electrons. The van der Waals surface area contributed by atoms with E-state index in [1.807, 2.05) is 0 Å². The molecule has 20 heavy (non-hydrogen) atoms. The molecule has 1 saturated heterocycles. The number of likely N-dealkylation sites (N-methyl/N-ethyl adjacent to an activating group) is 1. The summed E-state index contributed by atoms with van der Waals surface area (Å²) >= 11 is 0. The van der Waals surface area contributed by atoms with E-state index < -0.39 is 11.5 Å². The van der Waals surface area contributed by atoms with Gasteiger partial charge in [0.15, 0.2) is 0 Å². The molecule has 0 aromatic rings. The minimum Gasteiger partial charge on any atom is -0.480 e. The van der Waals surface area contributed by atoms with Crippen molar-refractivity contribution < 1.29 is 9.90 Å². The van der Waals surface area contributed by atoms with Gasteiger partial charge in [-0.25, -0.2) is 0 Å². The van der Waals surface area contributed by atoms with Crippen molar-refractivity contribution >= 4 is 5.97 Å². The van der Waals surface area contributed by atoms with Crippen LogP contribution in [0.25, 0.3) is 0 Å². The van der Waals surface area contributed by atoms with Crippen LogP contribution in [0.2, 0.25) is 0 Å². The SMILES string of the molecule is CNC1(C(=O)O)CCCC(N2CCN(C(C)C)CC2)C1. The van der Waals surface area contributed by atoms with E-state index in [2.05, 4.69) is 29.0 Å². The van der Waals surface area contributed by atoms with E-state index >= 15 is 0 Å². The van der Waals surface area contributed by atoms with E-state index in [-0.39, 0.29) is 0 Å². The molecular weight excluding hydrogens is 254 g/mol. The van der Waals surface area contributed by atoms with Gasteiger partial charge in [-0.2, -0.15) is 0 Å². The second kappa shape index (κ2) is 6.41. The van der Waals surface area contributed by atoms with Crippen molar-refractivity contribution in [1.29, 1.82) is 0 Å². The Kier molecular flexibility index (Phi) is 5.04. The number of carboxylic acids is 1. The van der Waals surface area contributed by atoms with Crippen LogP contribution in [0.15, 0.2) is 0 Å². The van der Waals surface area contributed by atoms with Gasteiger partial charge in [0.05, 0.1) is 0 Å². The maximum atomic E-state index is 11.6. The van der Waals surface area contributed by atoms with Gasteiger partial charge in [0.2, 0.25) is 0 Å². The molecule has 2 unspecified atom stereocenters. The van der Waals surface area contributed by atoms with Gasteiger partial charge in [-0.3, -0.25) is 14.6 Å². The molecule has 5 heteroatoms. The molecule has 1 saturated carbocycles. The highest BCUT2D eigenvalue weighted by Crippen LogP contribution is 2.32. The van der Waals surface area contributed by atoms with Crippen LogP contribution in [0, 0.1) is 0 Å². The Labute approximate surface area is 122 Å². The Morgan fingerprint density at radius 1 is 1.30 bits per heavy atom. The van der Waals surface area contributed by atoms with Crippen LogP contribution in [-0.2, 0) is 4.79 Å². The molecule has 1 aliphatic carbocycles. The van der Waals surface area contributed by atoms with Crippen molar-refractivity contribution in [2.24, 2.45) is 0 Å². The van der Waals surface area contributed by atoms with Crippen molar-refractivity contribution in [3.05, 3.63) is 0 Å². The molecule has 0 amide bonds. The van der Waals surface area contributed by atoms with Crippen molar-refractivity contribution in [3.8, 4) is 0 Å². The number of nitrogens with zero attached hydrogens (tertiary/aromatic N) is 2. The van der Waals surface area contributed by atoms with E-state index in [4.69, 9.17) is 0 Å². The zero-order valence-corrected chi connectivity index (χ0v) is 13.1. The molecule has 2 rings (SSSR count). The molecule has 2 aliphatic rings. The smallest absolute Gasteiger partial charge is 0.323 e. The summed E-state index contributed by atoms with van der Waals surface area (Å²) in [5.74, 6) is -0.689. The lowest BCUT2D eigenvalue weighted by molar-refractivity contribution is -0.147. The minimum absolute atomic E-state index is 0.418. The first-order chi connectivity index (χ1) is 9.48. The molecule has 0 spiro atoms. The summed E-state index contributed by atoms with van der Waals surface area (Å²) in [7, 11) is 1.78. The third-order valence-electron chi connectivity index (χ3n) is 5.21. The highest BCUT2D eigenvalue weighted by atomic mass is 16.4. The molecular formula is C15H29N3O2. The molecule has 116 valence electrons. The molecule has 0 bridgehead atoms. The molecule has 2 N–H and O–H groups in total. The van der Waals surface area contributed by atoms with Crippen molar-refractivity contribution in [1.82, 2.24) is 15.1 Å². The summed E-state index contributed by atoms with van der Waals surface area (Å²) in [6.07, 6.45) is 3.63. The highest BCUT2D eigenvalue weighted by molar-refractivity contribution is 5.79. The van der Waals surface area contributed by atoms with Crippen molar-refractivity contribution in [2.75, 3.05) is 33.2 Å². The lowest BCUT2D eigenvalue weighted by Gasteiger charge is -2.46. The van der Waals surface area contributed by atoms with E-state index in [1.54, 1.807) is 7.05 Å². The van der Waals surface area contributed by atoms with Crippen LogP contribution in [0.1, 0.15) is 39.5 Å². The molecule has 2 atom stereocenters. The van der Waals surface area contributed by atoms with Gasteiger partial charge in [-0.1, -0.05) is 0 Å². The molecule has 1 aliphatic heterocycles. The van der Waals surface area contributed by atoms with Gasteiger partial charge < -0.3 is 10.4 Å². The largest absolute Gasteiger partial charge is 0.480 e. The summed E-state index contributed by atoms with van der Waals surface area (Å²) in [6.45, 7) is 8.84. The number of carboxylic acid groups (broad SMARTS) is 1. The first-order valence-electron chi connectivity index (χ1n) is 7.89. The Morgan fingerprint density at radius 2 is 1.95 bits per heavy atom. The molecule has 1 heterocycles. The predicted molar refractivity (Wildman–Crippen MR) is 80.0 cm³/mol. The van der Waals surface area contributed by atoms with Crippen LogP contribution in [0.4, 0.5) is 0 Å². The summed E-state index contributed by atoms with van der Waals surface area (Å²) in [4.78, 5) is 16.6. The number of hydrogen-bond donors (Lipinski definition) is 2. The van der Waals surface area contributed by atoms with Gasteiger partial charge >= 0.3 is 5.97 Å². The van der Waals surface area contributed by atoms with Crippen molar-refractivity contribution in [2.45, 2.75) is 57.2 Å². The Balaban J connectivity index is 1.95. The average Bonchev–Trinajstić information content (AvgIpc) is 2.47. The molecule has 0 aromatic heterocycles. The maximum absolute atomic E-state index is 11.6. The van der Waals surface area contributed by atoms with Crippen molar-refractivity contribution in [3.63, 3.8) is 0 Å². The third kappa shape index (κ3) is 3.15. The predicted octanol–water partition coefficient (Wildman–Crippen LogP) is 0.998. The number of hydrogen-bond acceptors (Lipinski definition) is 4. The summed E-state index contributed by atoms with van der Waals surface area (Å²) in [5.41, 5.74) is -0.710. The zero-order chi connectivity index (χ0) is 14.8. The topological polar surface area (TPSA) is 55.8 Å². The number of nitrogens with one attached hydrogen (secondary N) is 1. The van der Waals surface area contributed by atoms with Gasteiger partial charge in [0.1, 0.15) is 5.54 Å². The standard InChI is InChI=1S/C15H29N3O2/c1-12(2)17-7-9-18(10-8-17)13-5-4-6-15(11-13,16-3)14(19)20/h12-13,16H,4-11H2,1-3H3,(H,19,20). The lowest BCUT2D eigenvalue weighted by atomic mass is 9.78. The quantitative estimate of drug-likeness (QED) is 0.806. The fourth-order valence-electron chi connectivity index (χ4n) is 3.70. The zero-order valence-electron chi connectivity index (χ0n) is 13.1. The number of rotatable bonds is 4. The molecule has 0 aromatic carbocycles. The van der Waals surface area contributed by atoms with Crippen LogP contribution in [-0.4, -0.2) is 71.7 Å². The second-order valence-corrected chi connectivity index (χ2v) is 6.55. The Hall–Kier alpha value is -0.650. The molecule has 2 fully saturated rings. The van der Waals surface area contributed by atoms with Gasteiger partial charge in [-0.15, -0.1) is 0 Å². The van der Waals surface area contributed by atoms with Crippen LogP contribution in [0.3, 0.4) is 0 Å². The van der Waals surface area contributed by atoms with E-state index in [9.17, 15) is 9.90 Å². The molecule has 5 nitrogen and oxygen atoms in total. The van der Waals surface area contributed by atoms with Gasteiger partial charge in [-0.05, 0) is 46.6 Å². The highest BCUT2D eigenvalue weighted by Gasteiger charge is 2.43. The van der Waals surface area contributed by atoms with Gasteiger partial charge in [0.25, 0.3) is 0 Å². The van der Waals surface area contributed by atoms with E-state index in [0.29, 0.717) is 12.1 Å². The van der Waals surface area contributed by atoms with Crippen LogP contribution >= 0.6 is 0 Å². The minimum atomic E-state index is -0.710. The summed E-state index contributed by atoms with van der Waals surface area (Å²) < 4.78 is 0. The fraction of sp³-hybridized carbons (Fsp3) is 0.933. The first kappa shape index (κ1) is 15.7. The number of carbonyl (C=O) groups is 1. The maximum Gasteiger partial charge on any atom is 0.323 e. The van der Waals surface area contributed by atoms with Gasteiger partial charge in [0, 0.05) is 38.3 Å². The average molecular weight is 283 g/mol. The van der Waals surface area contributed by atoms with Crippen LogP contribution in [0.5, 0.6) is 0 Å². The Morgan fingerprint density at radius 3 is 2.45 bits per heavy atom. The summed E-state index contributed by atoms with van der Waals surface area (Å²) in [5, 5.41) is 12.6. The number of piperazine rings is 1. The van der Waals surface area contributed by atoms with Crippen LogP contribution < -0.4 is 5.32 Å².